The fourth-order valence-electron chi connectivity index (χ4n) is 2.42. The molecule has 1 unspecified atom stereocenters. The van der Waals surface area contributed by atoms with Crippen molar-refractivity contribution < 1.29 is 9.53 Å². The van der Waals surface area contributed by atoms with Crippen LogP contribution >= 0.6 is 0 Å². The molecule has 5 heteroatoms. The van der Waals surface area contributed by atoms with Crippen molar-refractivity contribution in [2.75, 3.05) is 13.2 Å². The van der Waals surface area contributed by atoms with Crippen LogP contribution in [-0.2, 0) is 23.1 Å². The number of hydrogen-bond donors (Lipinski definition) is 0. The number of likely N-dealkylation sites (tertiary alicyclic amines) is 1. The molecule has 1 aromatic heterocycles. The van der Waals surface area contributed by atoms with Crippen molar-refractivity contribution in [3.8, 4) is 0 Å². The Labute approximate surface area is 108 Å². The molecule has 0 radical (unpaired) electrons. The van der Waals surface area contributed by atoms with E-state index in [1.807, 2.05) is 24.7 Å². The fraction of sp³-hybridized carbons (Fsp3) is 0.692. The SMILES string of the molecule is CCOC(=O)C1CCCCN1Cc1nccn1C. The van der Waals surface area contributed by atoms with Crippen LogP contribution in [-0.4, -0.2) is 39.6 Å². The number of aromatic nitrogens is 2. The minimum atomic E-state index is -0.101. The molecule has 1 fully saturated rings. The van der Waals surface area contributed by atoms with Gasteiger partial charge in [0.2, 0.25) is 0 Å². The normalized spacial score (nSPS) is 20.9. The molecule has 2 heterocycles. The lowest BCUT2D eigenvalue weighted by Crippen LogP contribution is -2.45. The summed E-state index contributed by atoms with van der Waals surface area (Å²) in [5.41, 5.74) is 0. The third kappa shape index (κ3) is 2.90. The van der Waals surface area contributed by atoms with Crippen molar-refractivity contribution in [1.29, 1.82) is 0 Å². The third-order valence-electron chi connectivity index (χ3n) is 3.44. The van der Waals surface area contributed by atoms with E-state index in [1.54, 1.807) is 6.20 Å². The van der Waals surface area contributed by atoms with Gasteiger partial charge in [-0.15, -0.1) is 0 Å². The summed E-state index contributed by atoms with van der Waals surface area (Å²) in [6, 6.07) is -0.101. The lowest BCUT2D eigenvalue weighted by Gasteiger charge is -2.33. The fourth-order valence-corrected chi connectivity index (χ4v) is 2.42. The highest BCUT2D eigenvalue weighted by Crippen LogP contribution is 2.20. The van der Waals surface area contributed by atoms with Crippen LogP contribution in [0.2, 0.25) is 0 Å². The summed E-state index contributed by atoms with van der Waals surface area (Å²) in [5, 5.41) is 0. The Morgan fingerprint density at radius 2 is 2.39 bits per heavy atom. The van der Waals surface area contributed by atoms with Gasteiger partial charge in [0.25, 0.3) is 0 Å². The molecular formula is C13H21N3O2. The Hall–Kier alpha value is -1.36. The maximum atomic E-state index is 11.9. The van der Waals surface area contributed by atoms with Gasteiger partial charge in [0.15, 0.2) is 0 Å². The quantitative estimate of drug-likeness (QED) is 0.758. The first-order valence-electron chi connectivity index (χ1n) is 6.59. The van der Waals surface area contributed by atoms with Crippen LogP contribution in [0.4, 0.5) is 0 Å². The number of nitrogens with zero attached hydrogens (tertiary/aromatic N) is 3. The maximum absolute atomic E-state index is 11.9. The van der Waals surface area contributed by atoms with Crippen LogP contribution in [0.5, 0.6) is 0 Å². The third-order valence-corrected chi connectivity index (χ3v) is 3.44. The van der Waals surface area contributed by atoms with E-state index in [-0.39, 0.29) is 12.0 Å². The highest BCUT2D eigenvalue weighted by molar-refractivity contribution is 5.75. The van der Waals surface area contributed by atoms with Gasteiger partial charge in [-0.1, -0.05) is 6.42 Å². The van der Waals surface area contributed by atoms with Crippen LogP contribution in [0.1, 0.15) is 32.0 Å². The minimum absolute atomic E-state index is 0.0913. The van der Waals surface area contributed by atoms with Crippen molar-refractivity contribution in [3.63, 3.8) is 0 Å². The van der Waals surface area contributed by atoms with Crippen molar-refractivity contribution in [1.82, 2.24) is 14.5 Å². The zero-order valence-electron chi connectivity index (χ0n) is 11.1. The van der Waals surface area contributed by atoms with Gasteiger partial charge in [0, 0.05) is 19.4 Å². The molecule has 18 heavy (non-hydrogen) atoms. The van der Waals surface area contributed by atoms with E-state index < -0.39 is 0 Å². The number of piperidine rings is 1. The molecule has 1 aliphatic heterocycles. The Balaban J connectivity index is 2.04. The number of hydrogen-bond acceptors (Lipinski definition) is 4. The molecule has 2 rings (SSSR count). The molecule has 0 N–H and O–H groups in total. The van der Waals surface area contributed by atoms with E-state index in [9.17, 15) is 4.79 Å². The van der Waals surface area contributed by atoms with E-state index in [1.165, 1.54) is 0 Å². The largest absolute Gasteiger partial charge is 0.465 e. The van der Waals surface area contributed by atoms with E-state index in [4.69, 9.17) is 4.74 Å². The number of carbonyl (C=O) groups is 1. The first-order valence-corrected chi connectivity index (χ1v) is 6.59. The van der Waals surface area contributed by atoms with Gasteiger partial charge < -0.3 is 9.30 Å². The molecule has 0 bridgehead atoms. The van der Waals surface area contributed by atoms with E-state index in [2.05, 4.69) is 9.88 Å². The molecule has 0 amide bonds. The second-order valence-corrected chi connectivity index (χ2v) is 4.69. The van der Waals surface area contributed by atoms with Crippen LogP contribution in [0.3, 0.4) is 0 Å². The topological polar surface area (TPSA) is 47.4 Å². The molecule has 0 saturated carbocycles. The molecule has 1 atom stereocenters. The highest BCUT2D eigenvalue weighted by atomic mass is 16.5. The summed E-state index contributed by atoms with van der Waals surface area (Å²) >= 11 is 0. The summed E-state index contributed by atoms with van der Waals surface area (Å²) in [4.78, 5) is 18.4. The lowest BCUT2D eigenvalue weighted by atomic mass is 10.0. The maximum Gasteiger partial charge on any atom is 0.323 e. The molecular weight excluding hydrogens is 230 g/mol. The number of esters is 1. The summed E-state index contributed by atoms with van der Waals surface area (Å²) in [6.07, 6.45) is 6.85. The predicted molar refractivity (Wildman–Crippen MR) is 67.9 cm³/mol. The van der Waals surface area contributed by atoms with Gasteiger partial charge in [0.1, 0.15) is 11.9 Å². The van der Waals surface area contributed by atoms with E-state index in [0.717, 1.165) is 31.6 Å². The first kappa shape index (κ1) is 13.1. The van der Waals surface area contributed by atoms with Gasteiger partial charge in [-0.05, 0) is 26.3 Å². The summed E-state index contributed by atoms with van der Waals surface area (Å²) < 4.78 is 7.15. The number of rotatable bonds is 4. The molecule has 100 valence electrons. The Kier molecular flexibility index (Phi) is 4.36. The molecule has 1 aliphatic rings. The van der Waals surface area contributed by atoms with Crippen LogP contribution in [0.15, 0.2) is 12.4 Å². The van der Waals surface area contributed by atoms with Crippen molar-refractivity contribution >= 4 is 5.97 Å². The molecule has 0 aliphatic carbocycles. The van der Waals surface area contributed by atoms with Crippen molar-refractivity contribution in [2.24, 2.45) is 7.05 Å². The van der Waals surface area contributed by atoms with Crippen molar-refractivity contribution in [3.05, 3.63) is 18.2 Å². The van der Waals surface area contributed by atoms with Crippen LogP contribution in [0.25, 0.3) is 0 Å². The van der Waals surface area contributed by atoms with Gasteiger partial charge in [-0.3, -0.25) is 9.69 Å². The Morgan fingerprint density at radius 3 is 3.06 bits per heavy atom. The second-order valence-electron chi connectivity index (χ2n) is 4.69. The average Bonchev–Trinajstić information content (AvgIpc) is 2.76. The zero-order valence-corrected chi connectivity index (χ0v) is 11.1. The Morgan fingerprint density at radius 1 is 1.56 bits per heavy atom. The van der Waals surface area contributed by atoms with Crippen LogP contribution < -0.4 is 0 Å². The Bertz CT molecular complexity index is 403. The summed E-state index contributed by atoms with van der Waals surface area (Å²) in [5.74, 6) is 0.901. The lowest BCUT2D eigenvalue weighted by molar-refractivity contribution is -0.151. The van der Waals surface area contributed by atoms with Gasteiger partial charge in [-0.25, -0.2) is 4.98 Å². The number of carbonyl (C=O) groups excluding carboxylic acids is 1. The van der Waals surface area contributed by atoms with E-state index in [0.29, 0.717) is 13.2 Å². The molecule has 1 saturated heterocycles. The molecule has 0 aromatic carbocycles. The first-order chi connectivity index (χ1) is 8.72. The number of ether oxygens (including phenoxy) is 1. The highest BCUT2D eigenvalue weighted by Gasteiger charge is 2.30. The molecule has 1 aromatic rings. The number of aryl methyl sites for hydroxylation is 1. The predicted octanol–water partition coefficient (Wildman–Crippen LogP) is 1.34. The standard InChI is InChI=1S/C13H21N3O2/c1-3-18-13(17)11-6-4-5-8-16(11)10-12-14-7-9-15(12)2/h7,9,11H,3-6,8,10H2,1-2H3. The van der Waals surface area contributed by atoms with Gasteiger partial charge in [-0.2, -0.15) is 0 Å². The minimum Gasteiger partial charge on any atom is -0.465 e. The smallest absolute Gasteiger partial charge is 0.323 e. The average molecular weight is 251 g/mol. The van der Waals surface area contributed by atoms with Crippen LogP contribution in [0, 0.1) is 0 Å². The number of imidazole rings is 1. The molecule has 0 spiro atoms. The summed E-state index contributed by atoms with van der Waals surface area (Å²) in [6.45, 7) is 3.96. The van der Waals surface area contributed by atoms with Crippen molar-refractivity contribution in [2.45, 2.75) is 38.8 Å². The van der Waals surface area contributed by atoms with Gasteiger partial charge in [0.05, 0.1) is 13.2 Å². The zero-order chi connectivity index (χ0) is 13.0. The second kappa shape index (κ2) is 6.00. The molecule has 5 nitrogen and oxygen atoms in total. The van der Waals surface area contributed by atoms with E-state index >= 15 is 0 Å². The monoisotopic (exact) mass is 251 g/mol. The summed E-state index contributed by atoms with van der Waals surface area (Å²) in [7, 11) is 1.98. The van der Waals surface area contributed by atoms with Gasteiger partial charge >= 0.3 is 5.97 Å².